The van der Waals surface area contributed by atoms with Gasteiger partial charge in [-0.2, -0.15) is 9.57 Å². The molecular formula is C12H15N3O3S. The maximum Gasteiger partial charge on any atom is 0.216 e. The molecule has 102 valence electrons. The van der Waals surface area contributed by atoms with Crippen LogP contribution in [-0.2, 0) is 10.0 Å². The molecule has 0 aliphatic carbocycles. The largest absolute Gasteiger partial charge is 0.471 e. The van der Waals surface area contributed by atoms with E-state index in [4.69, 9.17) is 10.00 Å². The van der Waals surface area contributed by atoms with Crippen molar-refractivity contribution in [3.8, 4) is 11.9 Å². The summed E-state index contributed by atoms with van der Waals surface area (Å²) in [5.41, 5.74) is 0.469. The lowest BCUT2D eigenvalue weighted by Crippen LogP contribution is -2.57. The van der Waals surface area contributed by atoms with Crippen LogP contribution >= 0.6 is 0 Å². The summed E-state index contributed by atoms with van der Waals surface area (Å²) in [5, 5.41) is 8.33. The second kappa shape index (κ2) is 5.15. The van der Waals surface area contributed by atoms with Crippen molar-refractivity contribution in [2.45, 2.75) is 25.2 Å². The summed E-state index contributed by atoms with van der Waals surface area (Å²) in [4.78, 5) is 3.99. The fraction of sp³-hybridized carbons (Fsp3) is 0.500. The lowest BCUT2D eigenvalue weighted by Gasteiger charge is -2.38. The minimum absolute atomic E-state index is 0.199. The van der Waals surface area contributed by atoms with Crippen molar-refractivity contribution < 1.29 is 13.2 Å². The van der Waals surface area contributed by atoms with Gasteiger partial charge in [-0.25, -0.2) is 13.4 Å². The fourth-order valence-electron chi connectivity index (χ4n) is 1.70. The van der Waals surface area contributed by atoms with Gasteiger partial charge in [0.2, 0.25) is 15.9 Å². The smallest absolute Gasteiger partial charge is 0.216 e. The molecule has 0 saturated carbocycles. The first kappa shape index (κ1) is 13.8. The van der Waals surface area contributed by atoms with E-state index in [-0.39, 0.29) is 6.10 Å². The quantitative estimate of drug-likeness (QED) is 0.813. The average molecular weight is 281 g/mol. The van der Waals surface area contributed by atoms with Crippen LogP contribution in [0.15, 0.2) is 18.3 Å². The van der Waals surface area contributed by atoms with Crippen molar-refractivity contribution in [2.24, 2.45) is 0 Å². The third-order valence-corrected chi connectivity index (χ3v) is 5.13. The normalized spacial score (nSPS) is 16.9. The molecule has 0 aromatic carbocycles. The number of pyridine rings is 1. The zero-order valence-electron chi connectivity index (χ0n) is 10.8. The minimum Gasteiger partial charge on any atom is -0.471 e. The Morgan fingerprint density at radius 2 is 2.21 bits per heavy atom. The van der Waals surface area contributed by atoms with Gasteiger partial charge in [-0.1, -0.05) is 0 Å². The molecule has 1 aromatic rings. The van der Waals surface area contributed by atoms with Crippen LogP contribution in [0.1, 0.15) is 19.4 Å². The van der Waals surface area contributed by atoms with Crippen molar-refractivity contribution in [3.05, 3.63) is 23.9 Å². The number of hydrogen-bond acceptors (Lipinski definition) is 5. The molecule has 0 unspecified atom stereocenters. The highest BCUT2D eigenvalue weighted by atomic mass is 32.2. The average Bonchev–Trinajstić information content (AvgIpc) is 2.33. The topological polar surface area (TPSA) is 83.3 Å². The van der Waals surface area contributed by atoms with Gasteiger partial charge in [-0.05, 0) is 19.9 Å². The predicted molar refractivity (Wildman–Crippen MR) is 69.0 cm³/mol. The second-order valence-electron chi connectivity index (χ2n) is 4.65. The van der Waals surface area contributed by atoms with E-state index in [1.54, 1.807) is 26.0 Å². The first-order valence-corrected chi connectivity index (χ1v) is 7.45. The molecule has 1 fully saturated rings. The zero-order chi connectivity index (χ0) is 14.0. The van der Waals surface area contributed by atoms with E-state index in [0.717, 1.165) is 0 Å². The van der Waals surface area contributed by atoms with Gasteiger partial charge in [0.05, 0.1) is 30.0 Å². The SMILES string of the molecule is CC(C)S(=O)(=O)N1CC(Oc2cc(C#N)ccn2)C1. The van der Waals surface area contributed by atoms with E-state index >= 15 is 0 Å². The van der Waals surface area contributed by atoms with Gasteiger partial charge in [0, 0.05) is 12.3 Å². The molecule has 0 amide bonds. The Labute approximate surface area is 112 Å². The van der Waals surface area contributed by atoms with Crippen LogP contribution < -0.4 is 4.74 Å². The maximum absolute atomic E-state index is 11.8. The molecule has 0 bridgehead atoms. The number of nitriles is 1. The monoisotopic (exact) mass is 281 g/mol. The van der Waals surface area contributed by atoms with Crippen LogP contribution in [0.25, 0.3) is 0 Å². The van der Waals surface area contributed by atoms with Gasteiger partial charge < -0.3 is 4.74 Å². The highest BCUT2D eigenvalue weighted by Crippen LogP contribution is 2.21. The molecule has 1 aliphatic rings. The Morgan fingerprint density at radius 3 is 2.79 bits per heavy atom. The minimum atomic E-state index is -3.20. The third-order valence-electron chi connectivity index (χ3n) is 2.92. The third kappa shape index (κ3) is 2.85. The predicted octanol–water partition coefficient (Wildman–Crippen LogP) is 0.754. The van der Waals surface area contributed by atoms with E-state index in [0.29, 0.717) is 24.5 Å². The summed E-state index contributed by atoms with van der Waals surface area (Å²) in [5.74, 6) is 0.352. The van der Waals surface area contributed by atoms with Gasteiger partial charge in [-0.15, -0.1) is 0 Å². The number of ether oxygens (including phenoxy) is 1. The van der Waals surface area contributed by atoms with Gasteiger partial charge in [0.15, 0.2) is 0 Å². The summed E-state index contributed by atoms with van der Waals surface area (Å²) in [6.07, 6.45) is 1.30. The Bertz CT molecular complexity index is 601. The molecule has 6 nitrogen and oxygen atoms in total. The number of nitrogens with zero attached hydrogens (tertiary/aromatic N) is 3. The molecular weight excluding hydrogens is 266 g/mol. The molecule has 1 saturated heterocycles. The Kier molecular flexibility index (Phi) is 3.73. The van der Waals surface area contributed by atoms with Gasteiger partial charge >= 0.3 is 0 Å². The molecule has 2 rings (SSSR count). The van der Waals surface area contributed by atoms with Crippen molar-refractivity contribution in [3.63, 3.8) is 0 Å². The summed E-state index contributed by atoms with van der Waals surface area (Å²) >= 11 is 0. The van der Waals surface area contributed by atoms with Gasteiger partial charge in [0.1, 0.15) is 6.10 Å². The Balaban J connectivity index is 1.94. The van der Waals surface area contributed by atoms with Crippen molar-refractivity contribution in [2.75, 3.05) is 13.1 Å². The number of hydrogen-bond donors (Lipinski definition) is 0. The van der Waals surface area contributed by atoms with E-state index in [1.807, 2.05) is 6.07 Å². The molecule has 7 heteroatoms. The van der Waals surface area contributed by atoms with Crippen LogP contribution in [0.3, 0.4) is 0 Å². The first-order chi connectivity index (χ1) is 8.93. The highest BCUT2D eigenvalue weighted by molar-refractivity contribution is 7.89. The fourth-order valence-corrected chi connectivity index (χ4v) is 3.04. The number of aromatic nitrogens is 1. The Hall–Kier alpha value is -1.65. The highest BCUT2D eigenvalue weighted by Gasteiger charge is 2.38. The summed E-state index contributed by atoms with van der Waals surface area (Å²) in [7, 11) is -3.20. The van der Waals surface area contributed by atoms with Crippen molar-refractivity contribution in [1.82, 2.24) is 9.29 Å². The van der Waals surface area contributed by atoms with Crippen LogP contribution in [-0.4, -0.2) is 42.2 Å². The molecule has 2 heterocycles. The van der Waals surface area contributed by atoms with Crippen molar-refractivity contribution in [1.29, 1.82) is 5.26 Å². The molecule has 1 aromatic heterocycles. The van der Waals surface area contributed by atoms with Crippen LogP contribution in [0.4, 0.5) is 0 Å². The van der Waals surface area contributed by atoms with E-state index in [2.05, 4.69) is 4.98 Å². The number of rotatable bonds is 4. The lowest BCUT2D eigenvalue weighted by molar-refractivity contribution is 0.0716. The molecule has 1 aliphatic heterocycles. The maximum atomic E-state index is 11.8. The summed E-state index contributed by atoms with van der Waals surface area (Å²) < 4.78 is 30.6. The van der Waals surface area contributed by atoms with Crippen molar-refractivity contribution >= 4 is 10.0 Å². The summed E-state index contributed by atoms with van der Waals surface area (Å²) in [6, 6.07) is 5.13. The summed E-state index contributed by atoms with van der Waals surface area (Å²) in [6.45, 7) is 3.97. The second-order valence-corrected chi connectivity index (χ2v) is 7.13. The molecule has 0 spiro atoms. The number of sulfonamides is 1. The zero-order valence-corrected chi connectivity index (χ0v) is 11.6. The van der Waals surface area contributed by atoms with E-state index in [9.17, 15) is 8.42 Å². The molecule has 0 N–H and O–H groups in total. The van der Waals surface area contributed by atoms with Gasteiger partial charge in [-0.3, -0.25) is 0 Å². The lowest BCUT2D eigenvalue weighted by atomic mass is 10.2. The molecule has 19 heavy (non-hydrogen) atoms. The first-order valence-electron chi connectivity index (χ1n) is 5.95. The Morgan fingerprint density at radius 1 is 1.53 bits per heavy atom. The van der Waals surface area contributed by atoms with Crippen LogP contribution in [0.5, 0.6) is 5.88 Å². The standard InChI is InChI=1S/C12H15N3O3S/c1-9(2)19(16,17)15-7-11(8-15)18-12-5-10(6-13)3-4-14-12/h3-5,9,11H,7-8H2,1-2H3. The van der Waals surface area contributed by atoms with Crippen LogP contribution in [0.2, 0.25) is 0 Å². The molecule has 0 atom stereocenters. The van der Waals surface area contributed by atoms with Crippen LogP contribution in [0, 0.1) is 11.3 Å². The molecule has 0 radical (unpaired) electrons. The van der Waals surface area contributed by atoms with E-state index < -0.39 is 15.3 Å². The van der Waals surface area contributed by atoms with E-state index in [1.165, 1.54) is 10.5 Å². The van der Waals surface area contributed by atoms with Gasteiger partial charge in [0.25, 0.3) is 0 Å².